The summed E-state index contributed by atoms with van der Waals surface area (Å²) in [4.78, 5) is 21.2. The summed E-state index contributed by atoms with van der Waals surface area (Å²) in [5.74, 6) is 0.945. The summed E-state index contributed by atoms with van der Waals surface area (Å²) in [5.41, 5.74) is 2.24. The van der Waals surface area contributed by atoms with Gasteiger partial charge in [-0.15, -0.1) is 0 Å². The zero-order valence-corrected chi connectivity index (χ0v) is 15.6. The van der Waals surface area contributed by atoms with Gasteiger partial charge in [0.05, 0.1) is 29.1 Å². The highest BCUT2D eigenvalue weighted by Gasteiger charge is 2.14. The number of carbonyl (C=O) groups is 1. The number of halogens is 2. The molecule has 1 heterocycles. The number of ether oxygens (including phenoxy) is 1. The molecular formula is C19H15Cl2N3O2. The van der Waals surface area contributed by atoms with E-state index in [9.17, 15) is 4.79 Å². The fourth-order valence-electron chi connectivity index (χ4n) is 2.35. The van der Waals surface area contributed by atoms with Crippen molar-refractivity contribution in [3.8, 4) is 17.1 Å². The molecule has 0 spiro atoms. The summed E-state index contributed by atoms with van der Waals surface area (Å²) in [6.07, 6.45) is 1.50. The largest absolute Gasteiger partial charge is 0.497 e. The van der Waals surface area contributed by atoms with Crippen molar-refractivity contribution < 1.29 is 9.53 Å². The van der Waals surface area contributed by atoms with Gasteiger partial charge in [0.25, 0.3) is 5.91 Å². The third-order valence-corrected chi connectivity index (χ3v) is 4.30. The van der Waals surface area contributed by atoms with Gasteiger partial charge in [-0.1, -0.05) is 23.2 Å². The smallest absolute Gasteiger partial charge is 0.259 e. The number of aryl methyl sites for hydroxylation is 1. The van der Waals surface area contributed by atoms with Crippen molar-refractivity contribution in [3.05, 3.63) is 70.0 Å². The highest BCUT2D eigenvalue weighted by Crippen LogP contribution is 2.26. The van der Waals surface area contributed by atoms with Crippen LogP contribution in [0.3, 0.4) is 0 Å². The first-order valence-corrected chi connectivity index (χ1v) is 8.48. The highest BCUT2D eigenvalue weighted by atomic mass is 35.5. The van der Waals surface area contributed by atoms with E-state index in [0.717, 1.165) is 11.3 Å². The second kappa shape index (κ2) is 7.72. The van der Waals surface area contributed by atoms with E-state index >= 15 is 0 Å². The minimum Gasteiger partial charge on any atom is -0.497 e. The number of hydrogen-bond donors (Lipinski definition) is 1. The average molecular weight is 388 g/mol. The van der Waals surface area contributed by atoms with Crippen LogP contribution >= 0.6 is 23.2 Å². The summed E-state index contributed by atoms with van der Waals surface area (Å²) in [7, 11) is 1.61. The average Bonchev–Trinajstić information content (AvgIpc) is 2.64. The lowest BCUT2D eigenvalue weighted by Gasteiger charge is -2.10. The number of nitrogens with one attached hydrogen (secondary N) is 1. The Kier molecular flexibility index (Phi) is 5.40. The summed E-state index contributed by atoms with van der Waals surface area (Å²) >= 11 is 12.0. The van der Waals surface area contributed by atoms with Crippen molar-refractivity contribution >= 4 is 34.8 Å². The van der Waals surface area contributed by atoms with Gasteiger partial charge in [0, 0.05) is 16.8 Å². The molecule has 0 aliphatic heterocycles. The van der Waals surface area contributed by atoms with E-state index in [0.29, 0.717) is 32.8 Å². The number of carbonyl (C=O) groups excluding carboxylic acids is 1. The Bertz CT molecular complexity index is 959. The minimum absolute atomic E-state index is 0.340. The maximum absolute atomic E-state index is 12.5. The number of benzene rings is 2. The Morgan fingerprint density at radius 3 is 2.46 bits per heavy atom. The first-order valence-electron chi connectivity index (χ1n) is 7.72. The molecule has 132 valence electrons. The molecule has 1 aromatic heterocycles. The van der Waals surface area contributed by atoms with Crippen LogP contribution in [0, 0.1) is 6.92 Å². The second-order valence-corrected chi connectivity index (χ2v) is 6.34. The topological polar surface area (TPSA) is 64.1 Å². The molecule has 0 bridgehead atoms. The Balaban J connectivity index is 1.83. The molecule has 0 atom stereocenters. The number of aromatic nitrogens is 2. The van der Waals surface area contributed by atoms with Crippen molar-refractivity contribution in [1.29, 1.82) is 0 Å². The van der Waals surface area contributed by atoms with E-state index in [-0.39, 0.29) is 5.91 Å². The zero-order valence-electron chi connectivity index (χ0n) is 14.1. The molecule has 2 aromatic carbocycles. The third kappa shape index (κ3) is 3.95. The number of anilines is 1. The molecule has 1 amide bonds. The Morgan fingerprint density at radius 1 is 1.12 bits per heavy atom. The Hall–Kier alpha value is -2.63. The van der Waals surface area contributed by atoms with Crippen molar-refractivity contribution in [3.63, 3.8) is 0 Å². The lowest BCUT2D eigenvalue weighted by molar-refractivity contribution is 0.102. The summed E-state index contributed by atoms with van der Waals surface area (Å²) in [6, 6.07) is 12.2. The normalized spacial score (nSPS) is 10.5. The second-order valence-electron chi connectivity index (χ2n) is 5.50. The van der Waals surface area contributed by atoms with E-state index in [2.05, 4.69) is 15.3 Å². The van der Waals surface area contributed by atoms with Crippen LogP contribution in [-0.2, 0) is 0 Å². The maximum atomic E-state index is 12.5. The van der Waals surface area contributed by atoms with Crippen molar-refractivity contribution in [2.45, 2.75) is 6.92 Å². The van der Waals surface area contributed by atoms with Gasteiger partial charge in [-0.2, -0.15) is 0 Å². The van der Waals surface area contributed by atoms with Gasteiger partial charge in [-0.3, -0.25) is 4.79 Å². The van der Waals surface area contributed by atoms with Gasteiger partial charge in [0.1, 0.15) is 5.75 Å². The van der Waals surface area contributed by atoms with Crippen LogP contribution in [0.25, 0.3) is 11.4 Å². The fourth-order valence-corrected chi connectivity index (χ4v) is 2.81. The van der Waals surface area contributed by atoms with Gasteiger partial charge in [0.2, 0.25) is 0 Å². The zero-order chi connectivity index (χ0) is 18.7. The SMILES string of the molecule is COc1ccc(-c2ncc(C(=O)Nc3ccc(Cl)cc3Cl)c(C)n2)cc1. The van der Waals surface area contributed by atoms with E-state index in [4.69, 9.17) is 27.9 Å². The number of methoxy groups -OCH3 is 1. The number of amides is 1. The number of rotatable bonds is 4. The molecule has 0 saturated heterocycles. The molecule has 3 rings (SSSR count). The van der Waals surface area contributed by atoms with Crippen LogP contribution in [0.2, 0.25) is 10.0 Å². The molecular weight excluding hydrogens is 373 g/mol. The predicted molar refractivity (Wildman–Crippen MR) is 103 cm³/mol. The van der Waals surface area contributed by atoms with E-state index in [1.807, 2.05) is 24.3 Å². The molecule has 3 aromatic rings. The Labute approximate surface area is 161 Å². The number of hydrogen-bond acceptors (Lipinski definition) is 4. The molecule has 5 nitrogen and oxygen atoms in total. The lowest BCUT2D eigenvalue weighted by atomic mass is 10.1. The molecule has 0 fully saturated rings. The van der Waals surface area contributed by atoms with E-state index in [1.165, 1.54) is 6.20 Å². The molecule has 0 aliphatic carbocycles. The van der Waals surface area contributed by atoms with Crippen molar-refractivity contribution in [2.75, 3.05) is 12.4 Å². The van der Waals surface area contributed by atoms with E-state index in [1.54, 1.807) is 32.2 Å². The molecule has 1 N–H and O–H groups in total. The van der Waals surface area contributed by atoms with Gasteiger partial charge in [-0.05, 0) is 49.4 Å². The summed E-state index contributed by atoms with van der Waals surface area (Å²) in [5, 5.41) is 3.60. The van der Waals surface area contributed by atoms with Crippen LogP contribution in [0.15, 0.2) is 48.7 Å². The molecule has 0 aliphatic rings. The van der Waals surface area contributed by atoms with E-state index < -0.39 is 0 Å². The standard InChI is InChI=1S/C19H15Cl2N3O2/c1-11-15(19(25)24-17-8-5-13(20)9-16(17)21)10-22-18(23-11)12-3-6-14(26-2)7-4-12/h3-10H,1-2H3,(H,24,25). The van der Waals surface area contributed by atoms with Crippen molar-refractivity contribution in [1.82, 2.24) is 9.97 Å². The predicted octanol–water partition coefficient (Wildman–Crippen LogP) is 5.02. The van der Waals surface area contributed by atoms with Gasteiger partial charge < -0.3 is 10.1 Å². The molecule has 0 radical (unpaired) electrons. The fraction of sp³-hybridized carbons (Fsp3) is 0.105. The monoisotopic (exact) mass is 387 g/mol. The molecule has 26 heavy (non-hydrogen) atoms. The van der Waals surface area contributed by atoms with Crippen molar-refractivity contribution in [2.24, 2.45) is 0 Å². The maximum Gasteiger partial charge on any atom is 0.259 e. The third-order valence-electron chi connectivity index (χ3n) is 3.75. The summed E-state index contributed by atoms with van der Waals surface area (Å²) < 4.78 is 5.14. The van der Waals surface area contributed by atoms with Crippen LogP contribution in [-0.4, -0.2) is 23.0 Å². The summed E-state index contributed by atoms with van der Waals surface area (Å²) in [6.45, 7) is 1.76. The quantitative estimate of drug-likeness (QED) is 0.682. The van der Waals surface area contributed by atoms with Gasteiger partial charge in [-0.25, -0.2) is 9.97 Å². The van der Waals surface area contributed by atoms with Crippen LogP contribution < -0.4 is 10.1 Å². The van der Waals surface area contributed by atoms with Crippen LogP contribution in [0.4, 0.5) is 5.69 Å². The Morgan fingerprint density at radius 2 is 1.85 bits per heavy atom. The lowest BCUT2D eigenvalue weighted by Crippen LogP contribution is -2.15. The molecule has 7 heteroatoms. The first-order chi connectivity index (χ1) is 12.5. The molecule has 0 saturated carbocycles. The number of nitrogens with zero attached hydrogens (tertiary/aromatic N) is 2. The first kappa shape index (κ1) is 18.2. The van der Waals surface area contributed by atoms with Gasteiger partial charge in [0.15, 0.2) is 5.82 Å². The highest BCUT2D eigenvalue weighted by molar-refractivity contribution is 6.36. The van der Waals surface area contributed by atoms with Crippen LogP contribution in [0.5, 0.6) is 5.75 Å². The van der Waals surface area contributed by atoms with Crippen LogP contribution in [0.1, 0.15) is 16.1 Å². The molecule has 0 unspecified atom stereocenters. The van der Waals surface area contributed by atoms with Gasteiger partial charge >= 0.3 is 0 Å². The minimum atomic E-state index is -0.340.